The number of H-pyrrole nitrogens is 1. The highest BCUT2D eigenvalue weighted by atomic mass is 35.5. The van der Waals surface area contributed by atoms with Crippen molar-refractivity contribution in [3.8, 4) is 5.75 Å². The number of halogens is 2. The molecule has 0 bridgehead atoms. The number of amidine groups is 1. The lowest BCUT2D eigenvalue weighted by Gasteiger charge is -2.20. The van der Waals surface area contributed by atoms with E-state index < -0.39 is 5.82 Å². The van der Waals surface area contributed by atoms with Crippen LogP contribution in [0, 0.1) is 5.82 Å². The number of aromatic amines is 1. The highest BCUT2D eigenvalue weighted by Crippen LogP contribution is 2.28. The second-order valence-electron chi connectivity index (χ2n) is 6.97. The maximum absolute atomic E-state index is 13.5. The van der Waals surface area contributed by atoms with Gasteiger partial charge in [-0.3, -0.25) is 0 Å². The van der Waals surface area contributed by atoms with Crippen LogP contribution in [0.2, 0.25) is 5.02 Å². The zero-order chi connectivity index (χ0) is 22.7. The summed E-state index contributed by atoms with van der Waals surface area (Å²) in [5, 5.41) is 15.9. The summed E-state index contributed by atoms with van der Waals surface area (Å²) < 4.78 is 18.9. The molecular formula is C22H20ClFN6O2. The van der Waals surface area contributed by atoms with Gasteiger partial charge in [-0.2, -0.15) is 0 Å². The van der Waals surface area contributed by atoms with E-state index >= 15 is 0 Å². The molecule has 0 atom stereocenters. The zero-order valence-electron chi connectivity index (χ0n) is 17.3. The van der Waals surface area contributed by atoms with Crippen LogP contribution >= 0.6 is 11.6 Å². The van der Waals surface area contributed by atoms with E-state index in [9.17, 15) is 9.60 Å². The maximum Gasteiger partial charge on any atom is 0.179 e. The van der Waals surface area contributed by atoms with Crippen LogP contribution < -0.4 is 15.0 Å². The van der Waals surface area contributed by atoms with Gasteiger partial charge in [-0.15, -0.1) is 0 Å². The Hall–Kier alpha value is -3.85. The van der Waals surface area contributed by atoms with Crippen LogP contribution in [0.15, 0.2) is 59.9 Å². The number of nitrogens with zero attached hydrogens (tertiary/aromatic N) is 4. The molecule has 0 spiro atoms. The summed E-state index contributed by atoms with van der Waals surface area (Å²) in [5.41, 5.74) is 2.97. The van der Waals surface area contributed by atoms with Crippen molar-refractivity contribution in [3.63, 3.8) is 0 Å². The first-order valence-corrected chi connectivity index (χ1v) is 10.00. The normalized spacial score (nSPS) is 11.6. The minimum atomic E-state index is -0.539. The van der Waals surface area contributed by atoms with Crippen LogP contribution in [0.4, 0.5) is 15.8 Å². The third-order valence-electron chi connectivity index (χ3n) is 4.86. The first-order valence-electron chi connectivity index (χ1n) is 9.62. The Morgan fingerprint density at radius 2 is 2.09 bits per heavy atom. The SMILES string of the molecule is COc1ccccc1N(C)Cc1nc2nccc(C(=NO)Nc3ccc(F)c(Cl)c3)c2[nH]1. The van der Waals surface area contributed by atoms with E-state index in [2.05, 4.69) is 25.4 Å². The Morgan fingerprint density at radius 3 is 2.84 bits per heavy atom. The molecule has 0 aliphatic carbocycles. The molecule has 32 heavy (non-hydrogen) atoms. The first-order chi connectivity index (χ1) is 15.5. The van der Waals surface area contributed by atoms with E-state index in [1.807, 2.05) is 36.2 Å². The minimum absolute atomic E-state index is 0.0460. The molecule has 0 fully saturated rings. The second kappa shape index (κ2) is 9.11. The van der Waals surface area contributed by atoms with Gasteiger partial charge in [0, 0.05) is 24.5 Å². The summed E-state index contributed by atoms with van der Waals surface area (Å²) in [7, 11) is 3.56. The number of oxime groups is 1. The van der Waals surface area contributed by atoms with Crippen molar-refractivity contribution in [1.29, 1.82) is 0 Å². The Labute approximate surface area is 188 Å². The molecule has 4 aromatic rings. The molecule has 2 heterocycles. The van der Waals surface area contributed by atoms with Gasteiger partial charge in [-0.1, -0.05) is 28.9 Å². The smallest absolute Gasteiger partial charge is 0.179 e. The number of fused-ring (bicyclic) bond motifs is 1. The fourth-order valence-electron chi connectivity index (χ4n) is 3.34. The number of rotatable bonds is 6. The number of methoxy groups -OCH3 is 1. The number of benzene rings is 2. The molecule has 0 amide bonds. The molecule has 0 unspecified atom stereocenters. The van der Waals surface area contributed by atoms with Gasteiger partial charge >= 0.3 is 0 Å². The van der Waals surface area contributed by atoms with E-state index in [1.165, 1.54) is 18.2 Å². The van der Waals surface area contributed by atoms with Gasteiger partial charge in [0.15, 0.2) is 11.5 Å². The lowest BCUT2D eigenvalue weighted by Crippen LogP contribution is -2.18. The standard InChI is InChI=1S/C22H20ClFN6O2/c1-30(17-5-3-4-6-18(17)32-2)12-19-27-20-14(9-10-25-22(20)28-19)21(29-31)26-13-7-8-16(24)15(23)11-13/h3-11,31H,12H2,1-2H3,(H,26,29)(H,25,27,28). The van der Waals surface area contributed by atoms with Crippen molar-refractivity contribution in [3.05, 3.63) is 77.0 Å². The van der Waals surface area contributed by atoms with Crippen molar-refractivity contribution in [1.82, 2.24) is 15.0 Å². The quantitative estimate of drug-likeness (QED) is 0.170. The second-order valence-corrected chi connectivity index (χ2v) is 7.38. The molecule has 0 aliphatic rings. The van der Waals surface area contributed by atoms with E-state index in [0.717, 1.165) is 11.4 Å². The summed E-state index contributed by atoms with van der Waals surface area (Å²) in [6.45, 7) is 0.461. The zero-order valence-corrected chi connectivity index (χ0v) is 18.1. The number of nitrogens with one attached hydrogen (secondary N) is 2. The van der Waals surface area contributed by atoms with Crippen molar-refractivity contribution < 1.29 is 14.3 Å². The molecule has 0 saturated heterocycles. The fraction of sp³-hybridized carbons (Fsp3) is 0.136. The topological polar surface area (TPSA) is 98.7 Å². The van der Waals surface area contributed by atoms with E-state index in [0.29, 0.717) is 34.8 Å². The predicted molar refractivity (Wildman–Crippen MR) is 122 cm³/mol. The predicted octanol–water partition coefficient (Wildman–Crippen LogP) is 4.64. The highest BCUT2D eigenvalue weighted by molar-refractivity contribution is 6.31. The Kier molecular flexibility index (Phi) is 6.09. The molecule has 0 saturated carbocycles. The van der Waals surface area contributed by atoms with E-state index in [1.54, 1.807) is 19.4 Å². The van der Waals surface area contributed by atoms with Crippen LogP contribution in [-0.4, -0.2) is 40.2 Å². The molecule has 2 aromatic heterocycles. The molecule has 3 N–H and O–H groups in total. The number of hydrogen-bond acceptors (Lipinski definition) is 6. The highest BCUT2D eigenvalue weighted by Gasteiger charge is 2.16. The average molecular weight is 455 g/mol. The molecule has 8 nitrogen and oxygen atoms in total. The van der Waals surface area contributed by atoms with Crippen molar-refractivity contribution in [2.45, 2.75) is 6.54 Å². The van der Waals surface area contributed by atoms with Crippen LogP contribution in [0.3, 0.4) is 0 Å². The number of anilines is 2. The van der Waals surface area contributed by atoms with Crippen molar-refractivity contribution in [2.24, 2.45) is 5.16 Å². The maximum atomic E-state index is 13.5. The Morgan fingerprint density at radius 1 is 1.28 bits per heavy atom. The van der Waals surface area contributed by atoms with Crippen LogP contribution in [0.25, 0.3) is 11.2 Å². The van der Waals surface area contributed by atoms with Crippen LogP contribution in [0.5, 0.6) is 5.75 Å². The Bertz CT molecular complexity index is 1290. The number of para-hydroxylation sites is 2. The average Bonchev–Trinajstić information content (AvgIpc) is 3.22. The number of aromatic nitrogens is 3. The van der Waals surface area contributed by atoms with Gasteiger partial charge in [0.25, 0.3) is 0 Å². The number of imidazole rings is 1. The fourth-order valence-corrected chi connectivity index (χ4v) is 3.52. The molecular weight excluding hydrogens is 435 g/mol. The summed E-state index contributed by atoms with van der Waals surface area (Å²) in [4.78, 5) is 14.1. The van der Waals surface area contributed by atoms with Gasteiger partial charge in [0.1, 0.15) is 17.4 Å². The number of ether oxygens (including phenoxy) is 1. The Balaban J connectivity index is 1.63. The molecule has 2 aromatic carbocycles. The number of hydrogen-bond donors (Lipinski definition) is 3. The molecule has 10 heteroatoms. The summed E-state index contributed by atoms with van der Waals surface area (Å²) >= 11 is 5.85. The largest absolute Gasteiger partial charge is 0.495 e. The molecule has 164 valence electrons. The third kappa shape index (κ3) is 4.28. The van der Waals surface area contributed by atoms with Crippen LogP contribution in [0.1, 0.15) is 11.4 Å². The van der Waals surface area contributed by atoms with Gasteiger partial charge in [0.05, 0.1) is 29.9 Å². The van der Waals surface area contributed by atoms with Crippen molar-refractivity contribution in [2.75, 3.05) is 24.4 Å². The van der Waals surface area contributed by atoms with E-state index in [4.69, 9.17) is 16.3 Å². The van der Waals surface area contributed by atoms with Gasteiger partial charge in [-0.25, -0.2) is 14.4 Å². The summed E-state index contributed by atoms with van der Waals surface area (Å²) in [5.74, 6) is 1.01. The molecule has 0 aliphatic heterocycles. The van der Waals surface area contributed by atoms with Gasteiger partial charge in [-0.05, 0) is 36.4 Å². The summed E-state index contributed by atoms with van der Waals surface area (Å²) in [6, 6.07) is 13.5. The van der Waals surface area contributed by atoms with Gasteiger partial charge < -0.3 is 25.1 Å². The molecule has 0 radical (unpaired) electrons. The van der Waals surface area contributed by atoms with E-state index in [-0.39, 0.29) is 10.9 Å². The third-order valence-corrected chi connectivity index (χ3v) is 5.15. The van der Waals surface area contributed by atoms with Gasteiger partial charge in [0.2, 0.25) is 0 Å². The lowest BCUT2D eigenvalue weighted by molar-refractivity contribution is 0.319. The molecule has 4 rings (SSSR count). The monoisotopic (exact) mass is 454 g/mol. The minimum Gasteiger partial charge on any atom is -0.495 e. The van der Waals surface area contributed by atoms with Crippen molar-refractivity contribution >= 4 is 40.0 Å². The first kappa shape index (κ1) is 21.4. The van der Waals surface area contributed by atoms with Crippen LogP contribution in [-0.2, 0) is 6.54 Å². The summed E-state index contributed by atoms with van der Waals surface area (Å²) in [6.07, 6.45) is 1.57. The number of pyridine rings is 1. The lowest BCUT2D eigenvalue weighted by atomic mass is 10.2.